The largest absolute Gasteiger partial charge is 0.364 e. The number of pyridine rings is 1. The van der Waals surface area contributed by atoms with Crippen LogP contribution in [0.3, 0.4) is 0 Å². The van der Waals surface area contributed by atoms with Gasteiger partial charge in [0.15, 0.2) is 5.69 Å². The number of nitrogens with two attached hydrogens (primary N) is 1. The second kappa shape index (κ2) is 8.27. The molecule has 0 unspecified atom stereocenters. The lowest BCUT2D eigenvalue weighted by Crippen LogP contribution is -2.10. The van der Waals surface area contributed by atoms with Crippen molar-refractivity contribution in [3.63, 3.8) is 0 Å². The molecular formula is C24H18N6O2. The van der Waals surface area contributed by atoms with Crippen LogP contribution in [0.25, 0.3) is 33.6 Å². The molecular weight excluding hydrogens is 404 g/mol. The number of carbonyl (C=O) groups excluding carboxylic acids is 1. The molecule has 5 rings (SSSR count). The first-order valence-electron chi connectivity index (χ1n) is 9.96. The highest BCUT2D eigenvalue weighted by Crippen LogP contribution is 2.34. The molecule has 0 bridgehead atoms. The van der Waals surface area contributed by atoms with Gasteiger partial charge < -0.3 is 15.6 Å². The van der Waals surface area contributed by atoms with Gasteiger partial charge in [-0.1, -0.05) is 53.7 Å². The normalized spacial score (nSPS) is 10.9. The first-order chi connectivity index (χ1) is 15.7. The summed E-state index contributed by atoms with van der Waals surface area (Å²) in [7, 11) is 0. The van der Waals surface area contributed by atoms with E-state index >= 15 is 0 Å². The quantitative estimate of drug-likeness (QED) is 0.423. The van der Waals surface area contributed by atoms with Crippen LogP contribution in [0.1, 0.15) is 16.2 Å². The predicted octanol–water partition coefficient (Wildman–Crippen LogP) is 4.06. The number of primary amides is 1. The Kier molecular flexibility index (Phi) is 5.01. The molecule has 2 aromatic carbocycles. The molecule has 156 valence electrons. The smallest absolute Gasteiger partial charge is 0.270 e. The minimum Gasteiger partial charge on any atom is -0.364 e. The van der Waals surface area contributed by atoms with Gasteiger partial charge in [0, 0.05) is 12.3 Å². The zero-order chi connectivity index (χ0) is 21.9. The van der Waals surface area contributed by atoms with Crippen molar-refractivity contribution in [3.8, 4) is 22.7 Å². The van der Waals surface area contributed by atoms with Gasteiger partial charge in [-0.2, -0.15) is 0 Å². The number of nitrogens with zero attached hydrogens (tertiary/aromatic N) is 4. The van der Waals surface area contributed by atoms with Gasteiger partial charge in [0.25, 0.3) is 5.91 Å². The molecule has 0 radical (unpaired) electrons. The van der Waals surface area contributed by atoms with Gasteiger partial charge in [-0.3, -0.25) is 9.78 Å². The number of aromatic nitrogens is 4. The number of fused-ring (bicyclic) bond motifs is 1. The molecule has 0 aliphatic rings. The Bertz CT molecular complexity index is 1400. The van der Waals surface area contributed by atoms with Crippen molar-refractivity contribution >= 4 is 22.6 Å². The van der Waals surface area contributed by atoms with Crippen LogP contribution in [-0.2, 0) is 6.54 Å². The third-order valence-corrected chi connectivity index (χ3v) is 4.95. The fourth-order valence-electron chi connectivity index (χ4n) is 3.45. The van der Waals surface area contributed by atoms with Crippen LogP contribution in [0.15, 0.2) is 83.5 Å². The number of carbonyl (C=O) groups is 1. The highest BCUT2D eigenvalue weighted by Gasteiger charge is 2.18. The summed E-state index contributed by atoms with van der Waals surface area (Å²) >= 11 is 0. The van der Waals surface area contributed by atoms with E-state index in [0.717, 1.165) is 27.7 Å². The summed E-state index contributed by atoms with van der Waals surface area (Å²) in [6, 6.07) is 23.1. The first kappa shape index (κ1) is 19.4. The molecule has 8 nitrogen and oxygen atoms in total. The summed E-state index contributed by atoms with van der Waals surface area (Å²) in [5, 5.41) is 7.96. The summed E-state index contributed by atoms with van der Waals surface area (Å²) in [6.07, 6.45) is 1.75. The van der Waals surface area contributed by atoms with Crippen molar-refractivity contribution in [1.29, 1.82) is 0 Å². The molecule has 8 heteroatoms. The fourth-order valence-corrected chi connectivity index (χ4v) is 3.45. The van der Waals surface area contributed by atoms with Crippen LogP contribution in [0, 0.1) is 0 Å². The number of nitrogens with one attached hydrogen (secondary N) is 1. The molecule has 0 aliphatic heterocycles. The lowest BCUT2D eigenvalue weighted by molar-refractivity contribution is 0.0991. The van der Waals surface area contributed by atoms with Gasteiger partial charge in [-0.15, -0.1) is 0 Å². The first-order valence-corrected chi connectivity index (χ1v) is 9.96. The van der Waals surface area contributed by atoms with Gasteiger partial charge in [0.1, 0.15) is 5.82 Å². The zero-order valence-electron chi connectivity index (χ0n) is 16.9. The maximum Gasteiger partial charge on any atom is 0.270 e. The average molecular weight is 422 g/mol. The fraction of sp³-hybridized carbons (Fsp3) is 0.0417. The van der Waals surface area contributed by atoms with Crippen LogP contribution in [0.5, 0.6) is 0 Å². The van der Waals surface area contributed by atoms with Gasteiger partial charge >= 0.3 is 0 Å². The number of rotatable bonds is 6. The van der Waals surface area contributed by atoms with E-state index in [4.69, 9.17) is 15.2 Å². The van der Waals surface area contributed by atoms with E-state index in [-0.39, 0.29) is 11.5 Å². The van der Waals surface area contributed by atoms with E-state index in [9.17, 15) is 4.79 Å². The van der Waals surface area contributed by atoms with Crippen molar-refractivity contribution in [2.45, 2.75) is 6.54 Å². The lowest BCUT2D eigenvalue weighted by atomic mass is 10.0. The molecule has 1 amide bonds. The summed E-state index contributed by atoms with van der Waals surface area (Å²) in [6.45, 7) is 0.471. The van der Waals surface area contributed by atoms with Crippen molar-refractivity contribution in [2.75, 3.05) is 5.32 Å². The molecule has 32 heavy (non-hydrogen) atoms. The van der Waals surface area contributed by atoms with Crippen molar-refractivity contribution in [1.82, 2.24) is 20.1 Å². The summed E-state index contributed by atoms with van der Waals surface area (Å²) in [5.74, 6) is 0.491. The second-order valence-electron chi connectivity index (χ2n) is 7.08. The van der Waals surface area contributed by atoms with Gasteiger partial charge in [-0.05, 0) is 29.3 Å². The SMILES string of the molecule is NC(=O)c1cc(-c2nc(NCc3ccccn3)c3c(-c4ccccc4)cccc3n2)on1. The van der Waals surface area contributed by atoms with Crippen molar-refractivity contribution in [2.24, 2.45) is 5.73 Å². The highest BCUT2D eigenvalue weighted by atomic mass is 16.5. The molecule has 5 aromatic rings. The molecule has 3 heterocycles. The Hall–Kier alpha value is -4.59. The Labute approximate surface area is 183 Å². The number of amides is 1. The average Bonchev–Trinajstić information content (AvgIpc) is 3.34. The van der Waals surface area contributed by atoms with Crippen LogP contribution < -0.4 is 11.1 Å². The van der Waals surface area contributed by atoms with Crippen LogP contribution in [0.2, 0.25) is 0 Å². The Morgan fingerprint density at radius 2 is 1.81 bits per heavy atom. The van der Waals surface area contributed by atoms with Gasteiger partial charge in [-0.25, -0.2) is 9.97 Å². The molecule has 0 fully saturated rings. The van der Waals surface area contributed by atoms with Crippen molar-refractivity contribution in [3.05, 3.63) is 90.4 Å². The van der Waals surface area contributed by atoms with E-state index in [0.29, 0.717) is 18.2 Å². The Morgan fingerprint density at radius 1 is 0.969 bits per heavy atom. The topological polar surface area (TPSA) is 120 Å². The molecule has 0 spiro atoms. The van der Waals surface area contributed by atoms with E-state index in [1.807, 2.05) is 66.7 Å². The third-order valence-electron chi connectivity index (χ3n) is 4.95. The summed E-state index contributed by atoms with van der Waals surface area (Å²) in [5.41, 5.74) is 8.95. The number of hydrogen-bond donors (Lipinski definition) is 2. The number of hydrogen-bond acceptors (Lipinski definition) is 7. The van der Waals surface area contributed by atoms with Crippen LogP contribution >= 0.6 is 0 Å². The van der Waals surface area contributed by atoms with Crippen molar-refractivity contribution < 1.29 is 9.32 Å². The second-order valence-corrected chi connectivity index (χ2v) is 7.08. The third kappa shape index (κ3) is 3.77. The minimum atomic E-state index is -0.680. The molecule has 0 saturated carbocycles. The number of benzene rings is 2. The molecule has 0 atom stereocenters. The van der Waals surface area contributed by atoms with Crippen LogP contribution in [-0.4, -0.2) is 26.0 Å². The molecule has 3 aromatic heterocycles. The van der Waals surface area contributed by atoms with E-state index in [1.54, 1.807) is 6.20 Å². The summed E-state index contributed by atoms with van der Waals surface area (Å²) in [4.78, 5) is 25.2. The lowest BCUT2D eigenvalue weighted by Gasteiger charge is -2.13. The van der Waals surface area contributed by atoms with E-state index < -0.39 is 5.91 Å². The zero-order valence-corrected chi connectivity index (χ0v) is 16.9. The molecule has 3 N–H and O–H groups in total. The summed E-state index contributed by atoms with van der Waals surface area (Å²) < 4.78 is 5.28. The predicted molar refractivity (Wildman–Crippen MR) is 121 cm³/mol. The Balaban J connectivity index is 1.66. The van der Waals surface area contributed by atoms with E-state index in [2.05, 4.69) is 20.4 Å². The molecule has 0 saturated heterocycles. The molecule has 0 aliphatic carbocycles. The van der Waals surface area contributed by atoms with Gasteiger partial charge in [0.2, 0.25) is 11.6 Å². The maximum absolute atomic E-state index is 11.4. The van der Waals surface area contributed by atoms with Crippen LogP contribution in [0.4, 0.5) is 5.82 Å². The monoisotopic (exact) mass is 422 g/mol. The number of anilines is 1. The maximum atomic E-state index is 11.4. The standard InChI is InChI=1S/C24H18N6O2/c25-22(31)19-13-20(32-30-19)23-28-18-11-6-10-17(15-7-2-1-3-8-15)21(18)24(29-23)27-14-16-9-4-5-12-26-16/h1-13H,14H2,(H2,25,31)(H,27,28,29). The van der Waals surface area contributed by atoms with E-state index in [1.165, 1.54) is 6.07 Å². The minimum absolute atomic E-state index is 0.0183. The van der Waals surface area contributed by atoms with Gasteiger partial charge in [0.05, 0.1) is 23.1 Å². The Morgan fingerprint density at radius 3 is 2.56 bits per heavy atom. The highest BCUT2D eigenvalue weighted by molar-refractivity contribution is 6.02.